The number of ether oxygens (including phenoxy) is 1. The highest BCUT2D eigenvalue weighted by Gasteiger charge is 2.66. The molecule has 0 radical (unpaired) electrons. The Hall–Kier alpha value is -3.23. The van der Waals surface area contributed by atoms with E-state index in [0.717, 1.165) is 49.6 Å². The van der Waals surface area contributed by atoms with Crippen LogP contribution in [-0.4, -0.2) is 63.3 Å². The van der Waals surface area contributed by atoms with Crippen LogP contribution in [0, 0.1) is 17.3 Å². The molecule has 1 aromatic carbocycles. The third-order valence-electron chi connectivity index (χ3n) is 9.17. The minimum atomic E-state index is -0.496. The zero-order valence-corrected chi connectivity index (χ0v) is 25.1. The highest BCUT2D eigenvalue weighted by Crippen LogP contribution is 2.59. The maximum Gasteiger partial charge on any atom is 0.245 e. The summed E-state index contributed by atoms with van der Waals surface area (Å²) in [6.07, 6.45) is 6.05. The van der Waals surface area contributed by atoms with Crippen LogP contribution >= 0.6 is 0 Å². The zero-order valence-electron chi connectivity index (χ0n) is 25.1. The summed E-state index contributed by atoms with van der Waals surface area (Å²) < 4.78 is 7.77. The summed E-state index contributed by atoms with van der Waals surface area (Å²) in [5.41, 5.74) is 1.86. The number of aryl methyl sites for hydroxylation is 1. The normalized spacial score (nSPS) is 27.0. The lowest BCUT2D eigenvalue weighted by Gasteiger charge is -2.26. The van der Waals surface area contributed by atoms with Gasteiger partial charge in [0, 0.05) is 42.7 Å². The number of ketones is 2. The number of amides is 2. The molecule has 4 atom stereocenters. The fraction of sp³-hybridized carbons (Fsp3) is 0.656. The fourth-order valence-electron chi connectivity index (χ4n) is 6.76. The number of hydrogen-bond acceptors (Lipinski definition) is 6. The molecular formula is C32H44N4O5. The lowest BCUT2D eigenvalue weighted by Crippen LogP contribution is -2.44. The molecule has 9 nitrogen and oxygen atoms in total. The second-order valence-electron chi connectivity index (χ2n) is 12.9. The van der Waals surface area contributed by atoms with E-state index < -0.39 is 6.04 Å². The molecule has 3 aliphatic rings. The van der Waals surface area contributed by atoms with Crippen LogP contribution in [0.25, 0.3) is 10.9 Å². The second-order valence-corrected chi connectivity index (χ2v) is 12.9. The largest absolute Gasteiger partial charge is 0.493 e. The maximum absolute atomic E-state index is 14.0. The van der Waals surface area contributed by atoms with Crippen molar-refractivity contribution in [1.29, 1.82) is 0 Å². The van der Waals surface area contributed by atoms with Gasteiger partial charge in [-0.2, -0.15) is 5.10 Å². The van der Waals surface area contributed by atoms with Crippen molar-refractivity contribution in [2.75, 3.05) is 13.2 Å². The summed E-state index contributed by atoms with van der Waals surface area (Å²) in [4.78, 5) is 54.4. The number of Topliss-reactive ketones (excluding diaryl/α,β-unsaturated/α-hetero) is 2. The molecule has 1 aliphatic carbocycles. The van der Waals surface area contributed by atoms with Gasteiger partial charge in [0.15, 0.2) is 11.6 Å². The van der Waals surface area contributed by atoms with Crippen molar-refractivity contribution in [1.82, 2.24) is 20.0 Å². The first-order chi connectivity index (χ1) is 19.5. The van der Waals surface area contributed by atoms with E-state index in [-0.39, 0.29) is 47.3 Å². The molecule has 1 N–H and O–H groups in total. The predicted molar refractivity (Wildman–Crippen MR) is 156 cm³/mol. The van der Waals surface area contributed by atoms with E-state index in [0.29, 0.717) is 48.7 Å². The highest BCUT2D eigenvalue weighted by molar-refractivity contribution is 6.06. The van der Waals surface area contributed by atoms with Crippen molar-refractivity contribution in [2.24, 2.45) is 17.3 Å². The number of aromatic nitrogens is 2. The second kappa shape index (κ2) is 11.6. The van der Waals surface area contributed by atoms with Crippen LogP contribution in [-0.2, 0) is 27.3 Å². The summed E-state index contributed by atoms with van der Waals surface area (Å²) in [5, 5.41) is 8.52. The van der Waals surface area contributed by atoms with Crippen molar-refractivity contribution in [3.8, 4) is 5.75 Å². The molecule has 2 aromatic rings. The van der Waals surface area contributed by atoms with Crippen LogP contribution in [0.3, 0.4) is 0 Å². The van der Waals surface area contributed by atoms with Crippen LogP contribution in [0.4, 0.5) is 0 Å². The Kier molecular flexibility index (Phi) is 8.26. The molecular weight excluding hydrogens is 520 g/mol. The van der Waals surface area contributed by atoms with E-state index in [1.54, 1.807) is 9.58 Å². The number of benzene rings is 1. The van der Waals surface area contributed by atoms with Gasteiger partial charge in [0.25, 0.3) is 0 Å². The Bertz CT molecular complexity index is 1360. The van der Waals surface area contributed by atoms with Crippen LogP contribution in [0.2, 0.25) is 0 Å². The highest BCUT2D eigenvalue weighted by atomic mass is 16.5. The molecule has 1 aromatic heterocycles. The van der Waals surface area contributed by atoms with Gasteiger partial charge in [-0.05, 0) is 55.7 Å². The molecule has 2 amide bonds. The predicted octanol–water partition coefficient (Wildman–Crippen LogP) is 4.48. The molecule has 2 bridgehead atoms. The summed E-state index contributed by atoms with van der Waals surface area (Å²) in [6.45, 7) is 10.5. The molecule has 5 rings (SSSR count). The number of nitrogens with zero attached hydrogens (tertiary/aromatic N) is 3. The van der Waals surface area contributed by atoms with Gasteiger partial charge in [0.1, 0.15) is 18.0 Å². The summed E-state index contributed by atoms with van der Waals surface area (Å²) in [5.74, 6) is 0.703. The summed E-state index contributed by atoms with van der Waals surface area (Å²) >= 11 is 0. The zero-order chi connectivity index (χ0) is 29.5. The maximum atomic E-state index is 14.0. The number of nitrogens with one attached hydrogen (secondary N) is 1. The van der Waals surface area contributed by atoms with Gasteiger partial charge in [0.2, 0.25) is 11.8 Å². The third-order valence-corrected chi connectivity index (χ3v) is 9.17. The van der Waals surface area contributed by atoms with Gasteiger partial charge in [-0.15, -0.1) is 0 Å². The van der Waals surface area contributed by atoms with E-state index in [9.17, 15) is 19.2 Å². The van der Waals surface area contributed by atoms with Crippen LogP contribution in [0.1, 0.15) is 95.6 Å². The number of piperidine rings is 1. The first-order valence-corrected chi connectivity index (χ1v) is 15.3. The third kappa shape index (κ3) is 5.77. The number of carbonyl (C=O) groups is 4. The van der Waals surface area contributed by atoms with Gasteiger partial charge in [-0.1, -0.05) is 40.5 Å². The molecule has 1 saturated carbocycles. The molecule has 2 fully saturated rings. The number of carbonyl (C=O) groups excluding carboxylic acids is 4. The van der Waals surface area contributed by atoms with Gasteiger partial charge in [0.05, 0.1) is 18.2 Å². The Labute approximate surface area is 242 Å². The van der Waals surface area contributed by atoms with E-state index in [1.807, 2.05) is 26.0 Å². The van der Waals surface area contributed by atoms with Crippen LogP contribution in [0.15, 0.2) is 12.1 Å². The summed E-state index contributed by atoms with van der Waals surface area (Å²) in [6, 6.07) is 3.32. The minimum absolute atomic E-state index is 0.0430. The fourth-order valence-corrected chi connectivity index (χ4v) is 6.76. The van der Waals surface area contributed by atoms with Gasteiger partial charge in [-0.3, -0.25) is 23.9 Å². The molecule has 41 heavy (non-hydrogen) atoms. The molecule has 2 aliphatic heterocycles. The van der Waals surface area contributed by atoms with E-state index in [4.69, 9.17) is 4.74 Å². The van der Waals surface area contributed by atoms with E-state index in [2.05, 4.69) is 24.3 Å². The average Bonchev–Trinajstić information content (AvgIpc) is 3.35. The smallest absolute Gasteiger partial charge is 0.245 e. The first-order valence-electron chi connectivity index (χ1n) is 15.3. The molecule has 1 saturated heterocycles. The van der Waals surface area contributed by atoms with Crippen molar-refractivity contribution < 1.29 is 23.9 Å². The van der Waals surface area contributed by atoms with Gasteiger partial charge in [-0.25, -0.2) is 0 Å². The molecule has 3 heterocycles. The van der Waals surface area contributed by atoms with Crippen molar-refractivity contribution in [2.45, 2.75) is 105 Å². The molecule has 0 unspecified atom stereocenters. The van der Waals surface area contributed by atoms with E-state index >= 15 is 0 Å². The van der Waals surface area contributed by atoms with Crippen molar-refractivity contribution >= 4 is 34.3 Å². The van der Waals surface area contributed by atoms with Crippen LogP contribution < -0.4 is 10.1 Å². The Morgan fingerprint density at radius 3 is 2.66 bits per heavy atom. The molecule has 9 heteroatoms. The van der Waals surface area contributed by atoms with E-state index in [1.165, 1.54) is 6.92 Å². The lowest BCUT2D eigenvalue weighted by atomic mass is 9.95. The quantitative estimate of drug-likeness (QED) is 0.518. The Morgan fingerprint density at radius 1 is 1.17 bits per heavy atom. The van der Waals surface area contributed by atoms with Crippen molar-refractivity contribution in [3.63, 3.8) is 0 Å². The molecule has 222 valence electrons. The topological polar surface area (TPSA) is 111 Å². The Morgan fingerprint density at radius 2 is 1.95 bits per heavy atom. The number of hydrogen-bond donors (Lipinski definition) is 1. The minimum Gasteiger partial charge on any atom is -0.493 e. The first kappa shape index (κ1) is 29.3. The SMILES string of the molecule is CCC(=O)[C@@H]1C[C@]23CNC(=O)[C@H](C)CCCCCc4cc(OCC(C)C)cc5c(C(C)=O)nn(c45)CC(=O)N1[C@@H]2C3. The van der Waals surface area contributed by atoms with Gasteiger partial charge >= 0.3 is 0 Å². The van der Waals surface area contributed by atoms with Gasteiger partial charge < -0.3 is 15.0 Å². The standard InChI is InChI=1S/C32H44N4O5/c1-6-26(38)25-14-32-15-27(32)36(25)28(39)16-35-30-22(11-9-7-8-10-20(4)31(40)33-18-32)12-23(41-17-19(2)3)13-24(30)29(34-35)21(5)37/h12-13,19-20,25,27H,6-11,14-18H2,1-5H3,(H,33,40)/t20-,25+,27-,32+/m1/s1. The van der Waals surface area contributed by atoms with Crippen LogP contribution in [0.5, 0.6) is 5.75 Å². The average molecular weight is 565 g/mol. The summed E-state index contributed by atoms with van der Waals surface area (Å²) in [7, 11) is 0. The Balaban J connectivity index is 1.56. The molecule has 0 spiro atoms. The lowest BCUT2D eigenvalue weighted by molar-refractivity contribution is -0.139. The monoisotopic (exact) mass is 564 g/mol. The van der Waals surface area contributed by atoms with Crippen molar-refractivity contribution in [3.05, 3.63) is 23.4 Å². The number of rotatable bonds is 6.